The Balaban J connectivity index is 0.00000300. The molecular weight excluding hydrogens is 386 g/mol. The zero-order valence-corrected chi connectivity index (χ0v) is 17.9. The number of hydrogen-bond donors (Lipinski definition) is 1. The first-order valence-electron chi connectivity index (χ1n) is 9.35. The van der Waals surface area contributed by atoms with Crippen LogP contribution >= 0.6 is 12.4 Å². The van der Waals surface area contributed by atoms with Crippen LogP contribution in [-0.2, 0) is 13.0 Å². The van der Waals surface area contributed by atoms with Gasteiger partial charge < -0.3 is 19.5 Å². The molecule has 0 aliphatic rings. The molecule has 3 rings (SSSR count). The fourth-order valence-corrected chi connectivity index (χ4v) is 3.22. The summed E-state index contributed by atoms with van der Waals surface area (Å²) >= 11 is 0. The minimum atomic E-state index is 0. The van der Waals surface area contributed by atoms with Crippen LogP contribution in [0.25, 0.3) is 0 Å². The summed E-state index contributed by atoms with van der Waals surface area (Å²) in [6.45, 7) is 0.719. The van der Waals surface area contributed by atoms with E-state index >= 15 is 0 Å². The van der Waals surface area contributed by atoms with E-state index < -0.39 is 0 Å². The second kappa shape index (κ2) is 11.3. The summed E-state index contributed by atoms with van der Waals surface area (Å²) in [5, 5.41) is 3.69. The largest absolute Gasteiger partial charge is 0.497 e. The molecule has 0 fully saturated rings. The quantitative estimate of drug-likeness (QED) is 0.522. The highest BCUT2D eigenvalue weighted by Gasteiger charge is 2.14. The van der Waals surface area contributed by atoms with Crippen molar-refractivity contribution >= 4 is 12.4 Å². The molecule has 5 heteroatoms. The lowest BCUT2D eigenvalue weighted by atomic mass is 9.98. The molecule has 0 radical (unpaired) electrons. The zero-order valence-electron chi connectivity index (χ0n) is 17.1. The van der Waals surface area contributed by atoms with Crippen molar-refractivity contribution in [3.05, 3.63) is 89.5 Å². The van der Waals surface area contributed by atoms with Crippen LogP contribution in [0.3, 0.4) is 0 Å². The molecule has 3 aromatic rings. The lowest BCUT2D eigenvalue weighted by molar-refractivity contribution is 0.404. The minimum absolute atomic E-state index is 0. The highest BCUT2D eigenvalue weighted by Crippen LogP contribution is 2.24. The summed E-state index contributed by atoms with van der Waals surface area (Å²) in [4.78, 5) is 0. The third-order valence-electron chi connectivity index (χ3n) is 4.85. The number of methoxy groups -OCH3 is 3. The van der Waals surface area contributed by atoms with Crippen molar-refractivity contribution < 1.29 is 14.2 Å². The standard InChI is InChI=1S/C24H27NO3.ClH/c1-26-21-12-8-18(9-13-21)16-23(19-10-14-22(27-2)15-11-19)25-17-20-6-4-5-7-24(20)28-3;/h4-15,23,25H,16-17H2,1-3H3;1H. The maximum Gasteiger partial charge on any atom is 0.123 e. The molecule has 1 N–H and O–H groups in total. The van der Waals surface area contributed by atoms with Crippen LogP contribution in [0, 0.1) is 0 Å². The summed E-state index contributed by atoms with van der Waals surface area (Å²) in [6, 6.07) is 24.7. The molecular formula is C24H28ClNO3. The molecule has 1 unspecified atom stereocenters. The molecule has 0 aliphatic carbocycles. The van der Waals surface area contributed by atoms with E-state index in [0.717, 1.165) is 35.8 Å². The van der Waals surface area contributed by atoms with Crippen LogP contribution in [-0.4, -0.2) is 21.3 Å². The molecule has 3 aromatic carbocycles. The number of hydrogen-bond acceptors (Lipinski definition) is 4. The SMILES string of the molecule is COc1ccc(CC(NCc2ccccc2OC)c2ccc(OC)cc2)cc1.Cl. The van der Waals surface area contributed by atoms with Crippen molar-refractivity contribution in [1.82, 2.24) is 5.32 Å². The molecule has 0 saturated heterocycles. The van der Waals surface area contributed by atoms with E-state index in [1.807, 2.05) is 42.5 Å². The first-order chi connectivity index (χ1) is 13.7. The Morgan fingerprint density at radius 2 is 1.31 bits per heavy atom. The summed E-state index contributed by atoms with van der Waals surface area (Å²) in [7, 11) is 5.07. The fourth-order valence-electron chi connectivity index (χ4n) is 3.22. The van der Waals surface area contributed by atoms with Gasteiger partial charge in [0.05, 0.1) is 21.3 Å². The Bertz CT molecular complexity index is 866. The Morgan fingerprint density at radius 1 is 0.724 bits per heavy atom. The number of rotatable bonds is 9. The summed E-state index contributed by atoms with van der Waals surface area (Å²) < 4.78 is 16.1. The van der Waals surface area contributed by atoms with Gasteiger partial charge in [0.2, 0.25) is 0 Å². The van der Waals surface area contributed by atoms with E-state index in [1.54, 1.807) is 21.3 Å². The molecule has 0 bridgehead atoms. The Labute approximate surface area is 179 Å². The van der Waals surface area contributed by atoms with Crippen molar-refractivity contribution in [3.63, 3.8) is 0 Å². The van der Waals surface area contributed by atoms with Crippen LogP contribution in [0.15, 0.2) is 72.8 Å². The lowest BCUT2D eigenvalue weighted by Gasteiger charge is -2.21. The third-order valence-corrected chi connectivity index (χ3v) is 4.85. The van der Waals surface area contributed by atoms with Crippen LogP contribution in [0.5, 0.6) is 17.2 Å². The van der Waals surface area contributed by atoms with Crippen molar-refractivity contribution in [2.75, 3.05) is 21.3 Å². The highest BCUT2D eigenvalue weighted by molar-refractivity contribution is 5.85. The van der Waals surface area contributed by atoms with Crippen LogP contribution < -0.4 is 19.5 Å². The van der Waals surface area contributed by atoms with Gasteiger partial charge in [-0.05, 0) is 47.9 Å². The molecule has 154 valence electrons. The molecule has 29 heavy (non-hydrogen) atoms. The summed E-state index contributed by atoms with van der Waals surface area (Å²) in [5.41, 5.74) is 3.60. The van der Waals surface area contributed by atoms with Crippen LogP contribution in [0.1, 0.15) is 22.7 Å². The van der Waals surface area contributed by atoms with Gasteiger partial charge in [0.1, 0.15) is 17.2 Å². The van der Waals surface area contributed by atoms with Crippen molar-refractivity contribution in [3.8, 4) is 17.2 Å². The fraction of sp³-hybridized carbons (Fsp3) is 0.250. The molecule has 4 nitrogen and oxygen atoms in total. The van der Waals surface area contributed by atoms with Crippen molar-refractivity contribution in [2.24, 2.45) is 0 Å². The predicted molar refractivity (Wildman–Crippen MR) is 120 cm³/mol. The molecule has 0 aromatic heterocycles. The number of nitrogens with one attached hydrogen (secondary N) is 1. The number of para-hydroxylation sites is 1. The summed E-state index contributed by atoms with van der Waals surface area (Å²) in [6.07, 6.45) is 0.867. The van der Waals surface area contributed by atoms with Gasteiger partial charge in [0.15, 0.2) is 0 Å². The number of ether oxygens (including phenoxy) is 3. The zero-order chi connectivity index (χ0) is 19.8. The molecule has 0 aliphatic heterocycles. The average molecular weight is 414 g/mol. The van der Waals surface area contributed by atoms with Gasteiger partial charge in [0.25, 0.3) is 0 Å². The molecule has 0 heterocycles. The summed E-state index contributed by atoms with van der Waals surface area (Å²) in [5.74, 6) is 2.62. The monoisotopic (exact) mass is 413 g/mol. The van der Waals surface area contributed by atoms with Gasteiger partial charge in [-0.15, -0.1) is 12.4 Å². The van der Waals surface area contributed by atoms with Gasteiger partial charge in [0, 0.05) is 18.2 Å². The maximum atomic E-state index is 5.49. The van der Waals surface area contributed by atoms with E-state index in [1.165, 1.54) is 11.1 Å². The van der Waals surface area contributed by atoms with E-state index in [2.05, 4.69) is 35.6 Å². The van der Waals surface area contributed by atoms with Gasteiger partial charge in [-0.2, -0.15) is 0 Å². The van der Waals surface area contributed by atoms with Gasteiger partial charge in [-0.1, -0.05) is 42.5 Å². The highest BCUT2D eigenvalue weighted by atomic mass is 35.5. The second-order valence-corrected chi connectivity index (χ2v) is 6.57. The number of halogens is 1. The maximum absolute atomic E-state index is 5.49. The third kappa shape index (κ3) is 6.14. The number of benzene rings is 3. The predicted octanol–water partition coefficient (Wildman–Crippen LogP) is 5.21. The topological polar surface area (TPSA) is 39.7 Å². The molecule has 0 amide bonds. The Kier molecular flexibility index (Phi) is 8.84. The van der Waals surface area contributed by atoms with E-state index in [-0.39, 0.29) is 18.4 Å². The molecule has 1 atom stereocenters. The lowest BCUT2D eigenvalue weighted by Crippen LogP contribution is -2.23. The normalized spacial score (nSPS) is 11.3. The van der Waals surface area contributed by atoms with E-state index in [0.29, 0.717) is 0 Å². The molecule has 0 spiro atoms. The smallest absolute Gasteiger partial charge is 0.123 e. The Hall–Kier alpha value is -2.69. The Morgan fingerprint density at radius 3 is 1.90 bits per heavy atom. The van der Waals surface area contributed by atoms with Gasteiger partial charge in [-0.25, -0.2) is 0 Å². The van der Waals surface area contributed by atoms with E-state index in [4.69, 9.17) is 14.2 Å². The van der Waals surface area contributed by atoms with Gasteiger partial charge >= 0.3 is 0 Å². The van der Waals surface area contributed by atoms with Crippen LogP contribution in [0.4, 0.5) is 0 Å². The minimum Gasteiger partial charge on any atom is -0.497 e. The van der Waals surface area contributed by atoms with Crippen molar-refractivity contribution in [2.45, 2.75) is 19.0 Å². The first-order valence-corrected chi connectivity index (χ1v) is 9.35. The van der Waals surface area contributed by atoms with Crippen LogP contribution in [0.2, 0.25) is 0 Å². The molecule has 0 saturated carbocycles. The van der Waals surface area contributed by atoms with Gasteiger partial charge in [-0.3, -0.25) is 0 Å². The van der Waals surface area contributed by atoms with Crippen molar-refractivity contribution in [1.29, 1.82) is 0 Å². The average Bonchev–Trinajstić information content (AvgIpc) is 2.77. The first kappa shape index (κ1) is 22.6. The van der Waals surface area contributed by atoms with E-state index in [9.17, 15) is 0 Å². The second-order valence-electron chi connectivity index (χ2n) is 6.57.